The number of furan rings is 1. The van der Waals surface area contributed by atoms with Crippen LogP contribution in [0.1, 0.15) is 25.5 Å². The van der Waals surface area contributed by atoms with Gasteiger partial charge in [-0.15, -0.1) is 0 Å². The van der Waals surface area contributed by atoms with Crippen molar-refractivity contribution < 1.29 is 4.42 Å². The van der Waals surface area contributed by atoms with Crippen molar-refractivity contribution in [2.24, 2.45) is 5.92 Å². The van der Waals surface area contributed by atoms with Crippen LogP contribution in [0.3, 0.4) is 0 Å². The van der Waals surface area contributed by atoms with Crippen molar-refractivity contribution >= 4 is 0 Å². The maximum absolute atomic E-state index is 5.33. The molecule has 112 valence electrons. The van der Waals surface area contributed by atoms with Crippen LogP contribution in [0.25, 0.3) is 0 Å². The molecule has 1 saturated carbocycles. The molecule has 1 aromatic rings. The van der Waals surface area contributed by atoms with Crippen LogP contribution in [-0.2, 0) is 6.54 Å². The summed E-state index contributed by atoms with van der Waals surface area (Å²) in [7, 11) is 0. The third-order valence-corrected chi connectivity index (χ3v) is 4.56. The lowest BCUT2D eigenvalue weighted by Gasteiger charge is -2.38. The number of nitrogens with one attached hydrogen (secondary N) is 1. The maximum Gasteiger partial charge on any atom is 0.117 e. The van der Waals surface area contributed by atoms with Crippen molar-refractivity contribution in [3.63, 3.8) is 0 Å². The van der Waals surface area contributed by atoms with Gasteiger partial charge in [0.15, 0.2) is 0 Å². The van der Waals surface area contributed by atoms with Crippen LogP contribution in [0.5, 0.6) is 0 Å². The predicted octanol–water partition coefficient (Wildman–Crippen LogP) is 1.79. The van der Waals surface area contributed by atoms with E-state index in [4.69, 9.17) is 4.42 Å². The number of rotatable bonds is 7. The Morgan fingerprint density at radius 3 is 2.75 bits per heavy atom. The van der Waals surface area contributed by atoms with Crippen molar-refractivity contribution in [2.45, 2.75) is 32.4 Å². The van der Waals surface area contributed by atoms with Gasteiger partial charge >= 0.3 is 0 Å². The molecule has 0 bridgehead atoms. The molecule has 3 rings (SSSR count). The second-order valence-electron chi connectivity index (χ2n) is 6.34. The van der Waals surface area contributed by atoms with E-state index in [9.17, 15) is 0 Å². The lowest BCUT2D eigenvalue weighted by Crippen LogP contribution is -2.52. The largest absolute Gasteiger partial charge is 0.468 e. The van der Waals surface area contributed by atoms with Crippen LogP contribution in [0.2, 0.25) is 0 Å². The highest BCUT2D eigenvalue weighted by Crippen LogP contribution is 2.29. The summed E-state index contributed by atoms with van der Waals surface area (Å²) in [6.07, 6.45) is 4.67. The predicted molar refractivity (Wildman–Crippen MR) is 80.6 cm³/mol. The molecule has 1 unspecified atom stereocenters. The lowest BCUT2D eigenvalue weighted by atomic mass is 10.2. The Morgan fingerprint density at radius 2 is 2.10 bits per heavy atom. The average Bonchev–Trinajstić information content (AvgIpc) is 3.12. The highest BCUT2D eigenvalue weighted by atomic mass is 16.3. The molecule has 1 aliphatic heterocycles. The molecule has 1 aromatic heterocycles. The molecule has 0 spiro atoms. The summed E-state index contributed by atoms with van der Waals surface area (Å²) in [6, 6.07) is 4.57. The summed E-state index contributed by atoms with van der Waals surface area (Å²) in [5.41, 5.74) is 0. The van der Waals surface area contributed by atoms with Crippen LogP contribution in [0.15, 0.2) is 22.8 Å². The van der Waals surface area contributed by atoms with E-state index in [0.717, 1.165) is 24.8 Å². The quantitative estimate of drug-likeness (QED) is 0.823. The van der Waals surface area contributed by atoms with E-state index in [1.807, 2.05) is 12.1 Å². The summed E-state index contributed by atoms with van der Waals surface area (Å²) >= 11 is 0. The average molecular weight is 277 g/mol. The van der Waals surface area contributed by atoms with Crippen LogP contribution in [-0.4, -0.2) is 55.1 Å². The molecular weight excluding hydrogens is 250 g/mol. The zero-order chi connectivity index (χ0) is 13.8. The van der Waals surface area contributed by atoms with Crippen LogP contribution in [0.4, 0.5) is 0 Å². The fourth-order valence-corrected chi connectivity index (χ4v) is 3.00. The van der Waals surface area contributed by atoms with Crippen molar-refractivity contribution in [2.75, 3.05) is 39.3 Å². The zero-order valence-corrected chi connectivity index (χ0v) is 12.6. The third-order valence-electron chi connectivity index (χ3n) is 4.56. The highest BCUT2D eigenvalue weighted by molar-refractivity contribution is 4.97. The maximum atomic E-state index is 5.33. The van der Waals surface area contributed by atoms with Gasteiger partial charge in [-0.05, 0) is 37.8 Å². The Kier molecular flexibility index (Phi) is 4.76. The van der Waals surface area contributed by atoms with Crippen LogP contribution >= 0.6 is 0 Å². The highest BCUT2D eigenvalue weighted by Gasteiger charge is 2.27. The van der Waals surface area contributed by atoms with Gasteiger partial charge in [0, 0.05) is 45.3 Å². The first-order valence-corrected chi connectivity index (χ1v) is 8.01. The van der Waals surface area contributed by atoms with Gasteiger partial charge < -0.3 is 14.6 Å². The molecule has 2 aliphatic rings. The standard InChI is InChI=1S/C16H27N3O/c1-14(11-17-12-16-3-2-10-20-16)19-8-6-18(7-9-19)13-15-4-5-15/h2-3,10,14-15,17H,4-9,11-13H2,1H3. The van der Waals surface area contributed by atoms with E-state index in [2.05, 4.69) is 22.0 Å². The second-order valence-corrected chi connectivity index (χ2v) is 6.34. The zero-order valence-electron chi connectivity index (χ0n) is 12.6. The van der Waals surface area contributed by atoms with Crippen molar-refractivity contribution in [1.29, 1.82) is 0 Å². The summed E-state index contributed by atoms with van der Waals surface area (Å²) in [6.45, 7) is 10.5. The number of hydrogen-bond acceptors (Lipinski definition) is 4. The molecule has 1 saturated heterocycles. The molecule has 20 heavy (non-hydrogen) atoms. The fourth-order valence-electron chi connectivity index (χ4n) is 3.00. The van der Waals surface area contributed by atoms with Crippen molar-refractivity contribution in [3.8, 4) is 0 Å². The fraction of sp³-hybridized carbons (Fsp3) is 0.750. The summed E-state index contributed by atoms with van der Waals surface area (Å²) in [5.74, 6) is 2.04. The minimum atomic E-state index is 0.605. The molecule has 1 atom stereocenters. The Labute approximate surface area is 122 Å². The smallest absolute Gasteiger partial charge is 0.117 e. The molecule has 4 heteroatoms. The molecule has 1 N–H and O–H groups in total. The molecule has 0 aromatic carbocycles. The normalized spacial score (nSPS) is 23.1. The first-order valence-electron chi connectivity index (χ1n) is 8.01. The molecule has 2 heterocycles. The first kappa shape index (κ1) is 14.1. The van der Waals surface area contributed by atoms with Gasteiger partial charge in [-0.3, -0.25) is 4.90 Å². The van der Waals surface area contributed by atoms with Gasteiger partial charge in [0.25, 0.3) is 0 Å². The molecule has 1 aliphatic carbocycles. The van der Waals surface area contributed by atoms with E-state index in [1.165, 1.54) is 45.6 Å². The van der Waals surface area contributed by atoms with Gasteiger partial charge in [-0.25, -0.2) is 0 Å². The summed E-state index contributed by atoms with van der Waals surface area (Å²) in [5, 5.41) is 3.49. The SMILES string of the molecule is CC(CNCc1ccco1)N1CCN(CC2CC2)CC1. The molecule has 0 radical (unpaired) electrons. The van der Waals surface area contributed by atoms with Crippen molar-refractivity contribution in [3.05, 3.63) is 24.2 Å². The number of piperazine rings is 1. The Balaban J connectivity index is 1.32. The Morgan fingerprint density at radius 1 is 1.30 bits per heavy atom. The minimum Gasteiger partial charge on any atom is -0.468 e. The van der Waals surface area contributed by atoms with E-state index >= 15 is 0 Å². The number of nitrogens with zero attached hydrogens (tertiary/aromatic N) is 2. The summed E-state index contributed by atoms with van der Waals surface area (Å²) in [4.78, 5) is 5.26. The lowest BCUT2D eigenvalue weighted by molar-refractivity contribution is 0.0984. The Bertz CT molecular complexity index is 380. The molecule has 2 fully saturated rings. The van der Waals surface area contributed by atoms with E-state index in [-0.39, 0.29) is 0 Å². The van der Waals surface area contributed by atoms with E-state index < -0.39 is 0 Å². The second kappa shape index (κ2) is 6.74. The van der Waals surface area contributed by atoms with Gasteiger partial charge in [0.2, 0.25) is 0 Å². The number of hydrogen-bond donors (Lipinski definition) is 1. The van der Waals surface area contributed by atoms with Gasteiger partial charge in [0.05, 0.1) is 12.8 Å². The summed E-state index contributed by atoms with van der Waals surface area (Å²) < 4.78 is 5.33. The van der Waals surface area contributed by atoms with Crippen LogP contribution in [0, 0.1) is 5.92 Å². The molecular formula is C16H27N3O. The topological polar surface area (TPSA) is 31.7 Å². The minimum absolute atomic E-state index is 0.605. The van der Waals surface area contributed by atoms with E-state index in [1.54, 1.807) is 6.26 Å². The first-order chi connectivity index (χ1) is 9.81. The Hall–Kier alpha value is -0.840. The third kappa shape index (κ3) is 4.08. The monoisotopic (exact) mass is 277 g/mol. The van der Waals surface area contributed by atoms with Crippen molar-refractivity contribution in [1.82, 2.24) is 15.1 Å². The molecule has 0 amide bonds. The van der Waals surface area contributed by atoms with E-state index in [0.29, 0.717) is 6.04 Å². The molecule has 4 nitrogen and oxygen atoms in total. The van der Waals surface area contributed by atoms with Gasteiger partial charge in [-0.1, -0.05) is 0 Å². The van der Waals surface area contributed by atoms with Gasteiger partial charge in [0.1, 0.15) is 5.76 Å². The van der Waals surface area contributed by atoms with Crippen LogP contribution < -0.4 is 5.32 Å². The van der Waals surface area contributed by atoms with Gasteiger partial charge in [-0.2, -0.15) is 0 Å².